The van der Waals surface area contributed by atoms with Crippen LogP contribution in [0.5, 0.6) is 5.75 Å². The van der Waals surface area contributed by atoms with E-state index in [0.29, 0.717) is 11.8 Å². The summed E-state index contributed by atoms with van der Waals surface area (Å²) in [5.41, 5.74) is 0.732. The maximum atomic E-state index is 9.43. The number of rotatable bonds is 2. The zero-order valence-corrected chi connectivity index (χ0v) is 12.1. The van der Waals surface area contributed by atoms with Crippen LogP contribution in [0.25, 0.3) is 11.5 Å². The molecule has 1 aromatic carbocycles. The molecular weight excluding hydrogens is 276 g/mol. The van der Waals surface area contributed by atoms with E-state index >= 15 is 0 Å². The van der Waals surface area contributed by atoms with Crippen LogP contribution in [0.3, 0.4) is 0 Å². The Morgan fingerprint density at radius 3 is 2.95 bits per heavy atom. The van der Waals surface area contributed by atoms with Crippen molar-refractivity contribution in [3.8, 4) is 17.2 Å². The molecule has 5 heteroatoms. The second kappa shape index (κ2) is 5.44. The van der Waals surface area contributed by atoms with Gasteiger partial charge in [0, 0.05) is 11.5 Å². The molecule has 2 unspecified atom stereocenters. The summed E-state index contributed by atoms with van der Waals surface area (Å²) < 4.78 is 5.33. The van der Waals surface area contributed by atoms with Crippen molar-refractivity contribution in [2.75, 3.05) is 0 Å². The molecule has 1 heterocycles. The molecule has 1 aromatic heterocycles. The fraction of sp³-hybridized carbons (Fsp3) is 0.467. The molecule has 106 valence electrons. The van der Waals surface area contributed by atoms with E-state index in [0.717, 1.165) is 30.1 Å². The number of benzene rings is 1. The molecule has 0 spiro atoms. The third-order valence-electron chi connectivity index (χ3n) is 3.94. The van der Waals surface area contributed by atoms with E-state index in [2.05, 4.69) is 17.1 Å². The molecule has 0 saturated heterocycles. The highest BCUT2D eigenvalue weighted by atomic mass is 35.5. The Morgan fingerprint density at radius 1 is 1.35 bits per heavy atom. The third kappa shape index (κ3) is 2.66. The van der Waals surface area contributed by atoms with E-state index < -0.39 is 0 Å². The number of phenolic OH excluding ortho intramolecular Hbond substituents is 1. The zero-order chi connectivity index (χ0) is 14.1. The van der Waals surface area contributed by atoms with Gasteiger partial charge in [0.15, 0.2) is 5.82 Å². The molecular formula is C15H17ClN2O2. The summed E-state index contributed by atoms with van der Waals surface area (Å²) in [6.45, 7) is 2.27. The standard InChI is InChI=1S/C15H17ClN2O2/c1-9-3-2-4-10(7-9)14-17-15(20-18-14)11-5-6-13(19)12(16)8-11/h5-6,8-10,19H,2-4,7H2,1H3. The van der Waals surface area contributed by atoms with Gasteiger partial charge in [-0.15, -0.1) is 0 Å². The number of halogens is 1. The van der Waals surface area contributed by atoms with Gasteiger partial charge in [0.25, 0.3) is 5.89 Å². The fourth-order valence-corrected chi connectivity index (χ4v) is 3.01. The van der Waals surface area contributed by atoms with Gasteiger partial charge in [-0.05, 0) is 37.0 Å². The highest BCUT2D eigenvalue weighted by Gasteiger charge is 2.25. The first-order chi connectivity index (χ1) is 9.63. The molecule has 0 aliphatic heterocycles. The minimum Gasteiger partial charge on any atom is -0.506 e. The van der Waals surface area contributed by atoms with Gasteiger partial charge in [0.1, 0.15) is 5.75 Å². The van der Waals surface area contributed by atoms with Gasteiger partial charge in [0.2, 0.25) is 0 Å². The number of phenols is 1. The number of hydrogen-bond donors (Lipinski definition) is 1. The van der Waals surface area contributed by atoms with Gasteiger partial charge >= 0.3 is 0 Å². The van der Waals surface area contributed by atoms with Crippen LogP contribution in [0.15, 0.2) is 22.7 Å². The summed E-state index contributed by atoms with van der Waals surface area (Å²) in [6.07, 6.45) is 4.75. The maximum Gasteiger partial charge on any atom is 0.257 e. The largest absolute Gasteiger partial charge is 0.506 e. The monoisotopic (exact) mass is 292 g/mol. The lowest BCUT2D eigenvalue weighted by atomic mass is 9.82. The molecule has 2 atom stereocenters. The van der Waals surface area contributed by atoms with Gasteiger partial charge in [0.05, 0.1) is 5.02 Å². The maximum absolute atomic E-state index is 9.43. The van der Waals surface area contributed by atoms with Gasteiger partial charge in [-0.1, -0.05) is 36.5 Å². The summed E-state index contributed by atoms with van der Waals surface area (Å²) in [6, 6.07) is 4.89. The van der Waals surface area contributed by atoms with Crippen molar-refractivity contribution < 1.29 is 9.63 Å². The van der Waals surface area contributed by atoms with Gasteiger partial charge < -0.3 is 9.63 Å². The van der Waals surface area contributed by atoms with Crippen LogP contribution in [-0.4, -0.2) is 15.2 Å². The van der Waals surface area contributed by atoms with Crippen LogP contribution in [0.4, 0.5) is 0 Å². The highest BCUT2D eigenvalue weighted by molar-refractivity contribution is 6.32. The van der Waals surface area contributed by atoms with Gasteiger partial charge in [-0.2, -0.15) is 4.98 Å². The highest BCUT2D eigenvalue weighted by Crippen LogP contribution is 2.35. The van der Waals surface area contributed by atoms with Crippen LogP contribution >= 0.6 is 11.6 Å². The summed E-state index contributed by atoms with van der Waals surface area (Å²) in [7, 11) is 0. The van der Waals surface area contributed by atoms with Crippen molar-refractivity contribution in [2.24, 2.45) is 5.92 Å². The van der Waals surface area contributed by atoms with Crippen LogP contribution in [0.2, 0.25) is 5.02 Å². The van der Waals surface area contributed by atoms with Crippen molar-refractivity contribution in [3.05, 3.63) is 29.0 Å². The normalized spacial score (nSPS) is 22.9. The molecule has 0 bridgehead atoms. The molecule has 0 amide bonds. The summed E-state index contributed by atoms with van der Waals surface area (Å²) >= 11 is 5.90. The number of nitrogens with zero attached hydrogens (tertiary/aromatic N) is 2. The Balaban J connectivity index is 1.84. The number of aromatic nitrogens is 2. The van der Waals surface area contributed by atoms with Crippen LogP contribution in [-0.2, 0) is 0 Å². The Bertz CT molecular complexity index is 612. The minimum absolute atomic E-state index is 0.0521. The fourth-order valence-electron chi connectivity index (χ4n) is 2.83. The Labute approximate surface area is 122 Å². The van der Waals surface area contributed by atoms with E-state index in [1.165, 1.54) is 18.9 Å². The summed E-state index contributed by atoms with van der Waals surface area (Å²) in [5, 5.41) is 13.8. The van der Waals surface area contributed by atoms with E-state index in [4.69, 9.17) is 16.1 Å². The van der Waals surface area contributed by atoms with Crippen molar-refractivity contribution in [2.45, 2.75) is 38.5 Å². The lowest BCUT2D eigenvalue weighted by molar-refractivity contribution is 0.324. The second-order valence-electron chi connectivity index (χ2n) is 5.59. The van der Waals surface area contributed by atoms with Gasteiger partial charge in [-0.3, -0.25) is 0 Å². The van der Waals surface area contributed by atoms with Crippen LogP contribution < -0.4 is 0 Å². The number of aromatic hydroxyl groups is 1. The molecule has 1 saturated carbocycles. The van der Waals surface area contributed by atoms with Crippen LogP contribution in [0.1, 0.15) is 44.3 Å². The molecule has 4 nitrogen and oxygen atoms in total. The van der Waals surface area contributed by atoms with E-state index in [1.807, 2.05) is 0 Å². The second-order valence-corrected chi connectivity index (χ2v) is 6.00. The molecule has 3 rings (SSSR count). The average molecular weight is 293 g/mol. The van der Waals surface area contributed by atoms with Crippen LogP contribution in [0, 0.1) is 5.92 Å². The number of hydrogen-bond acceptors (Lipinski definition) is 4. The Morgan fingerprint density at radius 2 is 2.20 bits per heavy atom. The zero-order valence-electron chi connectivity index (χ0n) is 11.3. The predicted octanol–water partition coefficient (Wildman–Crippen LogP) is 4.39. The molecule has 1 aliphatic carbocycles. The third-order valence-corrected chi connectivity index (χ3v) is 4.24. The lowest BCUT2D eigenvalue weighted by Crippen LogP contribution is -2.12. The first-order valence-corrected chi connectivity index (χ1v) is 7.34. The summed E-state index contributed by atoms with van der Waals surface area (Å²) in [5.74, 6) is 2.41. The minimum atomic E-state index is 0.0521. The van der Waals surface area contributed by atoms with Crippen molar-refractivity contribution in [1.82, 2.24) is 10.1 Å². The van der Waals surface area contributed by atoms with Gasteiger partial charge in [-0.25, -0.2) is 0 Å². The average Bonchev–Trinajstić information content (AvgIpc) is 2.92. The molecule has 1 N–H and O–H groups in total. The Hall–Kier alpha value is -1.55. The first-order valence-electron chi connectivity index (χ1n) is 6.96. The van der Waals surface area contributed by atoms with Crippen molar-refractivity contribution in [3.63, 3.8) is 0 Å². The Kier molecular flexibility index (Phi) is 3.66. The molecule has 2 aromatic rings. The topological polar surface area (TPSA) is 59.2 Å². The quantitative estimate of drug-likeness (QED) is 0.892. The first kappa shape index (κ1) is 13.4. The van der Waals surface area contributed by atoms with Crippen molar-refractivity contribution >= 4 is 11.6 Å². The SMILES string of the molecule is CC1CCCC(c2noc(-c3ccc(O)c(Cl)c3)n2)C1. The van der Waals surface area contributed by atoms with E-state index in [-0.39, 0.29) is 10.8 Å². The van der Waals surface area contributed by atoms with Crippen molar-refractivity contribution in [1.29, 1.82) is 0 Å². The summed E-state index contributed by atoms with van der Waals surface area (Å²) in [4.78, 5) is 4.49. The molecule has 1 aliphatic rings. The van der Waals surface area contributed by atoms with E-state index in [9.17, 15) is 5.11 Å². The smallest absolute Gasteiger partial charge is 0.257 e. The molecule has 20 heavy (non-hydrogen) atoms. The predicted molar refractivity (Wildman–Crippen MR) is 76.8 cm³/mol. The lowest BCUT2D eigenvalue weighted by Gasteiger charge is -2.23. The van der Waals surface area contributed by atoms with E-state index in [1.54, 1.807) is 12.1 Å². The molecule has 1 fully saturated rings. The molecule has 0 radical (unpaired) electrons.